The number of methoxy groups -OCH3 is 1. The molecule has 2 fully saturated rings. The molecule has 7 rings (SSSR count). The average molecular weight is 1120 g/mol. The van der Waals surface area contributed by atoms with Crippen LogP contribution in [0.3, 0.4) is 0 Å². The summed E-state index contributed by atoms with van der Waals surface area (Å²) in [6.45, 7) is 11.1. The molecule has 0 aromatic heterocycles. The van der Waals surface area contributed by atoms with Crippen LogP contribution in [0.25, 0.3) is 21.5 Å². The number of ether oxygens (including phenoxy) is 1. The molecule has 5 aromatic rings. The Morgan fingerprint density at radius 3 is 1.63 bits per heavy atom. The first-order valence-corrected chi connectivity index (χ1v) is 26.4. The summed E-state index contributed by atoms with van der Waals surface area (Å²) >= 11 is 0. The number of carbonyl (C=O) groups excluding carboxylic acids is 6. The van der Waals surface area contributed by atoms with E-state index in [4.69, 9.17) is 10.5 Å². The topological polar surface area (TPSA) is 225 Å². The van der Waals surface area contributed by atoms with Crippen molar-refractivity contribution in [1.29, 1.82) is 0 Å². The Kier molecular flexibility index (Phi) is 24.9. The molecule has 5 aromatic carbocycles. The summed E-state index contributed by atoms with van der Waals surface area (Å²) in [5.74, 6) is -2.03. The smallest absolute Gasteiger partial charge is 0.254 e. The van der Waals surface area contributed by atoms with Gasteiger partial charge in [0.25, 0.3) is 5.91 Å². The van der Waals surface area contributed by atoms with Crippen LogP contribution in [0.1, 0.15) is 83.4 Å². The van der Waals surface area contributed by atoms with E-state index in [9.17, 15) is 38.3 Å². The zero-order valence-corrected chi connectivity index (χ0v) is 47.3. The first kappa shape index (κ1) is 64.3. The molecule has 2 aliphatic rings. The number of carbonyl (C=O) groups is 6. The fraction of sp³-hybridized carbons (Fsp3) is 0.458. The first-order chi connectivity index (χ1) is 36.3. The highest BCUT2D eigenvalue weighted by Gasteiger charge is 2.42. The highest BCUT2D eigenvalue weighted by atomic mass is 35.5. The van der Waals surface area contributed by atoms with Crippen molar-refractivity contribution in [1.82, 2.24) is 36.4 Å². The lowest BCUT2D eigenvalue weighted by Gasteiger charge is -2.32. The average Bonchev–Trinajstić information content (AvgIpc) is 4.15. The molecule has 0 radical (unpaired) electrons. The molecule has 19 heteroatoms. The Hall–Kier alpha value is -6.21. The van der Waals surface area contributed by atoms with Crippen molar-refractivity contribution in [3.63, 3.8) is 0 Å². The number of halogens is 3. The minimum Gasteiger partial charge on any atom is -0.390 e. The minimum atomic E-state index is -1.02. The highest BCUT2D eigenvalue weighted by molar-refractivity contribution is 5.95. The predicted molar refractivity (Wildman–Crippen MR) is 307 cm³/mol. The minimum absolute atomic E-state index is 0. The summed E-state index contributed by atoms with van der Waals surface area (Å²) in [6.07, 6.45) is 2.83. The van der Waals surface area contributed by atoms with E-state index in [2.05, 4.69) is 26.6 Å². The number of aliphatic hydroxyl groups excluding tert-OH is 1. The maximum absolute atomic E-state index is 13.8. The van der Waals surface area contributed by atoms with E-state index in [1.54, 1.807) is 41.8 Å². The van der Waals surface area contributed by atoms with Crippen LogP contribution in [-0.4, -0.2) is 133 Å². The van der Waals surface area contributed by atoms with Crippen LogP contribution in [0, 0.1) is 11.2 Å². The summed E-state index contributed by atoms with van der Waals surface area (Å²) < 4.78 is 19.2. The van der Waals surface area contributed by atoms with E-state index in [1.807, 2.05) is 106 Å². The van der Waals surface area contributed by atoms with E-state index < -0.39 is 47.2 Å². The molecule has 424 valence electrons. The molecule has 78 heavy (non-hydrogen) atoms. The lowest BCUT2D eigenvalue weighted by molar-refractivity contribution is -0.154. The number of hydrogen-bond donors (Lipinski definition) is 7. The van der Waals surface area contributed by atoms with Crippen LogP contribution in [0.15, 0.2) is 109 Å². The molecule has 0 spiro atoms. The van der Waals surface area contributed by atoms with Gasteiger partial charge in [0.05, 0.1) is 6.10 Å². The fourth-order valence-corrected chi connectivity index (χ4v) is 9.45. The lowest BCUT2D eigenvalue weighted by atomic mass is 9.94. The monoisotopic (exact) mass is 1120 g/mol. The number of hydrogen-bond acceptors (Lipinski definition) is 10. The van der Waals surface area contributed by atoms with Gasteiger partial charge in [-0.25, -0.2) is 4.39 Å². The molecule has 0 bridgehead atoms. The first-order valence-electron chi connectivity index (χ1n) is 26.4. The summed E-state index contributed by atoms with van der Waals surface area (Å²) in [5.41, 5.74) is 6.20. The molecule has 8 N–H and O–H groups in total. The van der Waals surface area contributed by atoms with Crippen molar-refractivity contribution >= 4 is 81.8 Å². The van der Waals surface area contributed by atoms with Crippen molar-refractivity contribution in [2.45, 2.75) is 122 Å². The molecular formula is C59H79Cl2FN8O8. The quantitative estimate of drug-likeness (QED) is 0.0431. The Bertz CT molecular complexity index is 2810. The molecule has 0 saturated carbocycles. The third kappa shape index (κ3) is 17.9. The van der Waals surface area contributed by atoms with Crippen molar-refractivity contribution in [3.05, 3.63) is 132 Å². The second kappa shape index (κ2) is 30.2. The van der Waals surface area contributed by atoms with Gasteiger partial charge in [-0.15, -0.1) is 24.8 Å². The normalized spacial score (nSPS) is 16.4. The van der Waals surface area contributed by atoms with Crippen LogP contribution in [0.4, 0.5) is 4.39 Å². The van der Waals surface area contributed by atoms with E-state index in [1.165, 1.54) is 13.2 Å². The number of nitrogens with one attached hydrogen (secondary N) is 5. The lowest BCUT2D eigenvalue weighted by Crippen LogP contribution is -2.56. The number of rotatable bonds is 21. The van der Waals surface area contributed by atoms with Gasteiger partial charge in [-0.3, -0.25) is 28.8 Å². The van der Waals surface area contributed by atoms with E-state index in [0.29, 0.717) is 63.8 Å². The number of amides is 6. The van der Waals surface area contributed by atoms with Gasteiger partial charge in [-0.05, 0) is 91.2 Å². The third-order valence-electron chi connectivity index (χ3n) is 13.9. The van der Waals surface area contributed by atoms with E-state index >= 15 is 0 Å². The van der Waals surface area contributed by atoms with Gasteiger partial charge in [-0.2, -0.15) is 0 Å². The van der Waals surface area contributed by atoms with Crippen LogP contribution >= 0.6 is 24.8 Å². The van der Waals surface area contributed by atoms with Gasteiger partial charge in [0.2, 0.25) is 29.5 Å². The molecule has 2 saturated heterocycles. The summed E-state index contributed by atoms with van der Waals surface area (Å²) in [6, 6.07) is 31.3. The Labute approximate surface area is 470 Å². The Morgan fingerprint density at radius 2 is 1.14 bits per heavy atom. The van der Waals surface area contributed by atoms with Gasteiger partial charge < -0.3 is 52.0 Å². The fourth-order valence-electron chi connectivity index (χ4n) is 9.45. The van der Waals surface area contributed by atoms with Gasteiger partial charge in [0.15, 0.2) is 0 Å². The van der Waals surface area contributed by atoms with Gasteiger partial charge >= 0.3 is 0 Å². The molecule has 2 aliphatic heterocycles. The summed E-state index contributed by atoms with van der Waals surface area (Å²) in [5, 5.41) is 29.2. The van der Waals surface area contributed by atoms with Crippen LogP contribution < -0.4 is 32.3 Å². The van der Waals surface area contributed by atoms with Gasteiger partial charge in [0, 0.05) is 70.2 Å². The van der Waals surface area contributed by atoms with Crippen molar-refractivity contribution < 1.29 is 43.0 Å². The second-order valence-corrected chi connectivity index (χ2v) is 21.2. The number of fused-ring (bicyclic) bond motifs is 2. The SMILES string of the molecule is CC(C)(C)C(=O)N1CCC[C@H]1C(=O)N[C@H](Cc1ccc2ccccc2c1)C(=O)NCC(O)CNCc1ccccc1F.COC(C)(C)C(=O)N1CCC[C@H]1C(=O)NC(Cc1ccc2ccccc2c1)C(=O)NCCCN.Cl.Cl. The molecule has 6 amide bonds. The second-order valence-electron chi connectivity index (χ2n) is 21.2. The summed E-state index contributed by atoms with van der Waals surface area (Å²) in [4.78, 5) is 82.3. The maximum Gasteiger partial charge on any atom is 0.254 e. The molecule has 16 nitrogen and oxygen atoms in total. The zero-order chi connectivity index (χ0) is 55.0. The van der Waals surface area contributed by atoms with Crippen LogP contribution in [0.5, 0.6) is 0 Å². The standard InChI is InChI=1S/C33H41FN4O4.C26H36N4O4.2ClH/c1-33(2,3)32(42)38-16-8-13-29(38)31(41)37-28(18-22-14-15-23-9-4-5-10-24(23)17-22)30(40)36-21-26(39)20-35-19-25-11-6-7-12-27(25)34;1-26(2,34-3)25(33)30-15-6-10-22(30)24(32)29-21(23(31)28-14-7-13-27)17-18-11-12-19-8-4-5-9-20(19)16-18;;/h4-7,9-12,14-15,17,26,28-29,35,39H,8,13,16,18-21H2,1-3H3,(H,36,40)(H,37,41);4-5,8-9,11-12,16,21-22H,6-7,10,13-15,17,27H2,1-3H3,(H,28,31)(H,29,32);2*1H/t26?,28-,29+;21?,22-;;/m10../s1. The zero-order valence-electron chi connectivity index (χ0n) is 45.6. The molecule has 2 unspecified atom stereocenters. The number of nitrogens with zero attached hydrogens (tertiary/aromatic N) is 2. The largest absolute Gasteiger partial charge is 0.390 e. The molecule has 2 heterocycles. The number of nitrogens with two attached hydrogens (primary N) is 1. The van der Waals surface area contributed by atoms with Gasteiger partial charge in [0.1, 0.15) is 35.6 Å². The Balaban J connectivity index is 0.000000335. The molecule has 5 atom stereocenters. The van der Waals surface area contributed by atoms with Crippen LogP contribution in [0.2, 0.25) is 0 Å². The molecule has 0 aliphatic carbocycles. The number of likely N-dealkylation sites (tertiary alicyclic amines) is 2. The maximum atomic E-state index is 13.8. The van der Waals surface area contributed by atoms with Crippen molar-refractivity contribution in [2.24, 2.45) is 11.1 Å². The number of aliphatic hydroxyl groups is 1. The van der Waals surface area contributed by atoms with Crippen molar-refractivity contribution in [2.75, 3.05) is 46.4 Å². The van der Waals surface area contributed by atoms with Crippen LogP contribution in [-0.2, 0) is 52.9 Å². The predicted octanol–water partition coefficient (Wildman–Crippen LogP) is 5.90. The summed E-state index contributed by atoms with van der Waals surface area (Å²) in [7, 11) is 1.48. The van der Waals surface area contributed by atoms with E-state index in [-0.39, 0.29) is 86.2 Å². The van der Waals surface area contributed by atoms with Crippen molar-refractivity contribution in [3.8, 4) is 0 Å². The van der Waals surface area contributed by atoms with E-state index in [0.717, 1.165) is 39.1 Å². The number of benzene rings is 5. The highest BCUT2D eigenvalue weighted by Crippen LogP contribution is 2.27. The Morgan fingerprint density at radius 1 is 0.667 bits per heavy atom. The van der Waals surface area contributed by atoms with Gasteiger partial charge in [-0.1, -0.05) is 124 Å². The third-order valence-corrected chi connectivity index (χ3v) is 13.9. The molecular weight excluding hydrogens is 1040 g/mol.